The minimum atomic E-state index is -0.602. The molecule has 1 aromatic rings. The number of carbonyl (C=O) groups excluding carboxylic acids is 2. The number of piperidine rings is 1. The SMILES string of the molecule is CC[C@@H]1CN2CC[C@]3(Nc4ccccc4C3=O)[C@@H]2C[C@@H]1/C(=C\OC)C(=O)OC. The van der Waals surface area contributed by atoms with Crippen LogP contribution in [0.15, 0.2) is 36.1 Å². The topological polar surface area (TPSA) is 67.9 Å². The number of ketones is 1. The number of hydrogen-bond donors (Lipinski definition) is 1. The number of nitrogens with zero attached hydrogens (tertiary/aromatic N) is 1. The number of hydrogen-bond acceptors (Lipinski definition) is 6. The third kappa shape index (κ3) is 2.73. The number of benzene rings is 1. The fraction of sp³-hybridized carbons (Fsp3) is 0.545. The van der Waals surface area contributed by atoms with Crippen molar-refractivity contribution in [1.82, 2.24) is 4.90 Å². The summed E-state index contributed by atoms with van der Waals surface area (Å²) in [7, 11) is 2.95. The highest BCUT2D eigenvalue weighted by Gasteiger charge is 2.59. The molecule has 0 amide bonds. The maximum absolute atomic E-state index is 13.4. The number of methoxy groups -OCH3 is 2. The smallest absolute Gasteiger partial charge is 0.337 e. The number of rotatable bonds is 4. The Labute approximate surface area is 165 Å². The van der Waals surface area contributed by atoms with Crippen molar-refractivity contribution in [2.24, 2.45) is 11.8 Å². The lowest BCUT2D eigenvalue weighted by atomic mass is 9.72. The largest absolute Gasteiger partial charge is 0.504 e. The number of anilines is 1. The summed E-state index contributed by atoms with van der Waals surface area (Å²) in [5, 5.41) is 3.57. The van der Waals surface area contributed by atoms with Gasteiger partial charge in [-0.15, -0.1) is 0 Å². The van der Waals surface area contributed by atoms with Crippen LogP contribution in [0.4, 0.5) is 5.69 Å². The van der Waals surface area contributed by atoms with E-state index in [9.17, 15) is 9.59 Å². The standard InChI is InChI=1S/C22H28N2O4/c1-4-14-12-24-10-9-22(20(25)15-7-5-6-8-18(15)23-22)19(24)11-16(14)17(13-27-2)21(26)28-3/h5-8,13-14,16,19,23H,4,9-12H2,1-3H3/b17-13+/t14-,16+,19+,22+/m1/s1. The summed E-state index contributed by atoms with van der Waals surface area (Å²) in [6.07, 6.45) is 4.00. The van der Waals surface area contributed by atoms with E-state index in [0.717, 1.165) is 43.6 Å². The highest BCUT2D eigenvalue weighted by molar-refractivity contribution is 6.14. The van der Waals surface area contributed by atoms with Gasteiger partial charge >= 0.3 is 5.97 Å². The molecule has 1 aromatic carbocycles. The van der Waals surface area contributed by atoms with Crippen molar-refractivity contribution in [3.05, 3.63) is 41.7 Å². The van der Waals surface area contributed by atoms with Gasteiger partial charge in [0.05, 0.1) is 26.1 Å². The predicted molar refractivity (Wildman–Crippen MR) is 106 cm³/mol. The normalized spacial score (nSPS) is 32.0. The number of esters is 1. The molecule has 4 atom stereocenters. The first-order chi connectivity index (χ1) is 13.6. The Morgan fingerprint density at radius 1 is 1.36 bits per heavy atom. The molecule has 2 saturated heterocycles. The van der Waals surface area contributed by atoms with Gasteiger partial charge in [-0.3, -0.25) is 9.69 Å². The van der Waals surface area contributed by atoms with Crippen molar-refractivity contribution in [2.45, 2.75) is 37.8 Å². The van der Waals surface area contributed by atoms with E-state index in [2.05, 4.69) is 17.1 Å². The van der Waals surface area contributed by atoms with E-state index in [4.69, 9.17) is 9.47 Å². The molecule has 0 radical (unpaired) electrons. The van der Waals surface area contributed by atoms with E-state index in [1.165, 1.54) is 13.4 Å². The third-order valence-electron chi connectivity index (χ3n) is 6.84. The van der Waals surface area contributed by atoms with Crippen LogP contribution in [0.2, 0.25) is 0 Å². The van der Waals surface area contributed by atoms with Crippen LogP contribution in [0.25, 0.3) is 0 Å². The van der Waals surface area contributed by atoms with Crippen LogP contribution in [0.5, 0.6) is 0 Å². The number of Topliss-reactive ketones (excluding diaryl/α,β-unsaturated/α-hetero) is 1. The number of ether oxygens (including phenoxy) is 2. The second-order valence-corrected chi connectivity index (χ2v) is 8.04. The Balaban J connectivity index is 1.68. The molecule has 0 unspecified atom stereocenters. The Kier molecular flexibility index (Phi) is 4.91. The summed E-state index contributed by atoms with van der Waals surface area (Å²) in [6.45, 7) is 3.92. The Bertz CT molecular complexity index is 821. The predicted octanol–water partition coefficient (Wildman–Crippen LogP) is 2.86. The average Bonchev–Trinajstić information content (AvgIpc) is 3.23. The molecule has 6 heteroatoms. The summed E-state index contributed by atoms with van der Waals surface area (Å²) < 4.78 is 10.2. The van der Waals surface area contributed by atoms with Crippen molar-refractivity contribution in [3.8, 4) is 0 Å². The second-order valence-electron chi connectivity index (χ2n) is 8.04. The van der Waals surface area contributed by atoms with Crippen molar-refractivity contribution < 1.29 is 19.1 Å². The third-order valence-corrected chi connectivity index (χ3v) is 6.84. The molecule has 6 nitrogen and oxygen atoms in total. The van der Waals surface area contributed by atoms with Crippen LogP contribution in [0.1, 0.15) is 36.5 Å². The maximum atomic E-state index is 13.4. The minimum absolute atomic E-state index is 0.00642. The molecule has 3 aliphatic rings. The van der Waals surface area contributed by atoms with Crippen LogP contribution < -0.4 is 5.32 Å². The van der Waals surface area contributed by atoms with Crippen molar-refractivity contribution in [1.29, 1.82) is 0 Å². The molecular weight excluding hydrogens is 356 g/mol. The molecule has 1 spiro atoms. The number of para-hydroxylation sites is 1. The first-order valence-electron chi connectivity index (χ1n) is 10.0. The zero-order valence-electron chi connectivity index (χ0n) is 16.7. The van der Waals surface area contributed by atoms with Crippen LogP contribution >= 0.6 is 0 Å². The summed E-state index contributed by atoms with van der Waals surface area (Å²) in [5.74, 6) is 0.164. The van der Waals surface area contributed by atoms with E-state index in [0.29, 0.717) is 11.5 Å². The maximum Gasteiger partial charge on any atom is 0.337 e. The van der Waals surface area contributed by atoms with Gasteiger partial charge in [0.2, 0.25) is 0 Å². The lowest BCUT2D eigenvalue weighted by molar-refractivity contribution is -0.137. The summed E-state index contributed by atoms with van der Waals surface area (Å²) in [5.41, 5.74) is 1.67. The van der Waals surface area contributed by atoms with E-state index in [1.54, 1.807) is 7.11 Å². The van der Waals surface area contributed by atoms with Gasteiger partial charge in [-0.05, 0) is 36.8 Å². The van der Waals surface area contributed by atoms with E-state index >= 15 is 0 Å². The van der Waals surface area contributed by atoms with Gasteiger partial charge in [0.15, 0.2) is 5.78 Å². The van der Waals surface area contributed by atoms with Gasteiger partial charge < -0.3 is 14.8 Å². The minimum Gasteiger partial charge on any atom is -0.504 e. The zero-order chi connectivity index (χ0) is 19.9. The number of nitrogens with one attached hydrogen (secondary N) is 1. The first-order valence-corrected chi connectivity index (χ1v) is 10.0. The van der Waals surface area contributed by atoms with Gasteiger partial charge in [0.25, 0.3) is 0 Å². The Hall–Kier alpha value is -2.34. The second kappa shape index (κ2) is 7.24. The van der Waals surface area contributed by atoms with Crippen LogP contribution in [-0.2, 0) is 14.3 Å². The van der Waals surface area contributed by atoms with Gasteiger partial charge in [-0.1, -0.05) is 25.5 Å². The highest BCUT2D eigenvalue weighted by atomic mass is 16.5. The molecule has 0 aliphatic carbocycles. The first kappa shape index (κ1) is 19.0. The average molecular weight is 384 g/mol. The van der Waals surface area contributed by atoms with Crippen molar-refractivity contribution in [2.75, 3.05) is 32.6 Å². The molecule has 0 saturated carbocycles. The van der Waals surface area contributed by atoms with E-state index in [-0.39, 0.29) is 23.7 Å². The van der Waals surface area contributed by atoms with E-state index in [1.807, 2.05) is 24.3 Å². The van der Waals surface area contributed by atoms with Crippen molar-refractivity contribution >= 4 is 17.4 Å². The summed E-state index contributed by atoms with van der Waals surface area (Å²) in [6, 6.07) is 7.80. The molecule has 3 heterocycles. The molecule has 3 aliphatic heterocycles. The molecule has 150 valence electrons. The number of carbonyl (C=O) groups is 2. The molecule has 4 rings (SSSR count). The van der Waals surface area contributed by atoms with E-state index < -0.39 is 5.54 Å². The lowest BCUT2D eigenvalue weighted by Crippen LogP contribution is -2.57. The van der Waals surface area contributed by atoms with Gasteiger partial charge in [0, 0.05) is 30.4 Å². The quantitative estimate of drug-likeness (QED) is 0.489. The molecule has 28 heavy (non-hydrogen) atoms. The molecule has 2 fully saturated rings. The van der Waals surface area contributed by atoms with Crippen LogP contribution in [0, 0.1) is 11.8 Å². The van der Waals surface area contributed by atoms with Crippen LogP contribution in [0.3, 0.4) is 0 Å². The van der Waals surface area contributed by atoms with Gasteiger partial charge in [-0.2, -0.15) is 0 Å². The molecule has 0 aromatic heterocycles. The monoisotopic (exact) mass is 384 g/mol. The number of fused-ring (bicyclic) bond motifs is 3. The zero-order valence-corrected chi connectivity index (χ0v) is 16.7. The summed E-state index contributed by atoms with van der Waals surface area (Å²) in [4.78, 5) is 28.3. The fourth-order valence-corrected chi connectivity index (χ4v) is 5.45. The fourth-order valence-electron chi connectivity index (χ4n) is 5.45. The Morgan fingerprint density at radius 2 is 2.14 bits per heavy atom. The Morgan fingerprint density at radius 3 is 2.82 bits per heavy atom. The van der Waals surface area contributed by atoms with Gasteiger partial charge in [-0.25, -0.2) is 4.79 Å². The lowest BCUT2D eigenvalue weighted by Gasteiger charge is -2.45. The van der Waals surface area contributed by atoms with Crippen molar-refractivity contribution in [3.63, 3.8) is 0 Å². The molecule has 1 N–H and O–H groups in total. The summed E-state index contributed by atoms with van der Waals surface area (Å²) >= 11 is 0. The molecular formula is C22H28N2O4. The van der Waals surface area contributed by atoms with Crippen LogP contribution in [-0.4, -0.2) is 55.5 Å². The van der Waals surface area contributed by atoms with Gasteiger partial charge in [0.1, 0.15) is 5.54 Å². The highest BCUT2D eigenvalue weighted by Crippen LogP contribution is 2.48. The molecule has 0 bridgehead atoms.